The van der Waals surface area contributed by atoms with Gasteiger partial charge in [-0.15, -0.1) is 0 Å². The quantitative estimate of drug-likeness (QED) is 0.473. The molecule has 7 heteroatoms. The summed E-state index contributed by atoms with van der Waals surface area (Å²) in [5.41, 5.74) is 9.76. The Bertz CT molecular complexity index is 1100. The van der Waals surface area contributed by atoms with Crippen LogP contribution in [-0.2, 0) is 0 Å². The number of nitrogens with one attached hydrogen (secondary N) is 2. The van der Waals surface area contributed by atoms with Gasteiger partial charge in [-0.1, -0.05) is 54.7 Å². The second-order valence-corrected chi connectivity index (χ2v) is 7.53. The van der Waals surface area contributed by atoms with E-state index in [0.29, 0.717) is 17.6 Å². The van der Waals surface area contributed by atoms with Gasteiger partial charge in [-0.2, -0.15) is 0 Å². The Labute approximate surface area is 160 Å². The van der Waals surface area contributed by atoms with Crippen molar-refractivity contribution in [2.24, 2.45) is 5.73 Å². The number of hydrogen-bond acceptors (Lipinski definition) is 6. The summed E-state index contributed by atoms with van der Waals surface area (Å²) in [4.78, 5) is 19.4. The Morgan fingerprint density at radius 1 is 1.26 bits per heavy atom. The molecule has 0 amide bonds. The van der Waals surface area contributed by atoms with Crippen LogP contribution in [0.2, 0.25) is 0 Å². The second kappa shape index (κ2) is 7.38. The average Bonchev–Trinajstić information content (AvgIpc) is 3.31. The van der Waals surface area contributed by atoms with E-state index in [2.05, 4.69) is 34.3 Å². The fourth-order valence-electron chi connectivity index (χ4n) is 2.97. The summed E-state index contributed by atoms with van der Waals surface area (Å²) in [5.74, 6) is -0.202. The van der Waals surface area contributed by atoms with E-state index in [0.717, 1.165) is 15.6 Å². The van der Waals surface area contributed by atoms with E-state index in [1.165, 1.54) is 5.56 Å². The minimum atomic E-state index is -0.449. The predicted molar refractivity (Wildman–Crippen MR) is 109 cm³/mol. The number of aromatic amines is 1. The molecule has 138 valence electrons. The summed E-state index contributed by atoms with van der Waals surface area (Å²) >= 11 is 1.54. The highest BCUT2D eigenvalue weighted by Crippen LogP contribution is 2.30. The number of H-pyrrole nitrogens is 1. The first-order chi connectivity index (χ1) is 13.1. The van der Waals surface area contributed by atoms with Crippen molar-refractivity contribution in [3.63, 3.8) is 0 Å². The van der Waals surface area contributed by atoms with E-state index in [4.69, 9.17) is 10.2 Å². The number of oxazole rings is 1. The Kier molecular flexibility index (Phi) is 4.79. The highest BCUT2D eigenvalue weighted by molar-refractivity contribution is 7.18. The number of fused-ring (bicyclic) bond motifs is 1. The van der Waals surface area contributed by atoms with Gasteiger partial charge in [-0.25, -0.2) is 9.78 Å². The van der Waals surface area contributed by atoms with E-state index < -0.39 is 5.76 Å². The molecule has 0 saturated heterocycles. The van der Waals surface area contributed by atoms with Crippen LogP contribution in [0.3, 0.4) is 0 Å². The van der Waals surface area contributed by atoms with Crippen molar-refractivity contribution in [1.29, 1.82) is 0 Å². The Morgan fingerprint density at radius 2 is 2.07 bits per heavy atom. The number of rotatable bonds is 6. The fraction of sp³-hybridized carbons (Fsp3) is 0.200. The average molecular weight is 380 g/mol. The Morgan fingerprint density at radius 3 is 2.89 bits per heavy atom. The fourth-order valence-corrected chi connectivity index (χ4v) is 3.79. The zero-order valence-electron chi connectivity index (χ0n) is 14.8. The van der Waals surface area contributed by atoms with Crippen LogP contribution in [0.15, 0.2) is 63.9 Å². The Balaban J connectivity index is 1.43. The van der Waals surface area contributed by atoms with Crippen LogP contribution < -0.4 is 16.8 Å². The van der Waals surface area contributed by atoms with Crippen LogP contribution in [0.5, 0.6) is 0 Å². The van der Waals surface area contributed by atoms with Crippen LogP contribution in [0, 0.1) is 0 Å². The topological polar surface area (TPSA) is 96.9 Å². The van der Waals surface area contributed by atoms with E-state index in [1.54, 1.807) is 11.3 Å². The first kappa shape index (κ1) is 17.5. The molecule has 4 rings (SSSR count). The monoisotopic (exact) mass is 380 g/mol. The van der Waals surface area contributed by atoms with E-state index in [9.17, 15) is 4.79 Å². The minimum absolute atomic E-state index is 0.0229. The lowest BCUT2D eigenvalue weighted by atomic mass is 9.94. The van der Waals surface area contributed by atoms with Gasteiger partial charge in [-0.05, 0) is 29.2 Å². The van der Waals surface area contributed by atoms with Gasteiger partial charge in [0, 0.05) is 18.8 Å². The first-order valence-electron chi connectivity index (χ1n) is 8.73. The molecule has 0 radical (unpaired) electrons. The maximum Gasteiger partial charge on any atom is 0.417 e. The van der Waals surface area contributed by atoms with Crippen LogP contribution in [0.25, 0.3) is 21.5 Å². The SMILES string of the molecule is C[C@@H](c1ccccc1)[C@@H](N)CNc1ncc(-c2ccc3[nH]c(=O)oc3c2)s1. The smallest absolute Gasteiger partial charge is 0.408 e. The lowest BCUT2D eigenvalue weighted by molar-refractivity contribution is 0.555. The number of anilines is 1. The molecule has 4 aromatic rings. The summed E-state index contributed by atoms with van der Waals surface area (Å²) in [5, 5.41) is 4.15. The van der Waals surface area contributed by atoms with Gasteiger partial charge in [0.05, 0.1) is 10.4 Å². The molecule has 0 aliphatic carbocycles. The molecular formula is C20H20N4O2S. The van der Waals surface area contributed by atoms with Gasteiger partial charge in [0.2, 0.25) is 0 Å². The lowest BCUT2D eigenvalue weighted by Gasteiger charge is -2.20. The summed E-state index contributed by atoms with van der Waals surface area (Å²) < 4.78 is 5.13. The number of thiazole rings is 1. The molecule has 2 aromatic carbocycles. The zero-order valence-corrected chi connectivity index (χ0v) is 15.6. The molecule has 6 nitrogen and oxygen atoms in total. The lowest BCUT2D eigenvalue weighted by Crippen LogP contribution is -2.34. The standard InChI is InChI=1S/C20H20N4O2S/c1-12(13-5-3-2-4-6-13)15(21)10-22-19-23-11-18(27-19)14-7-8-16-17(9-14)26-20(25)24-16/h2-9,11-12,15H,10,21H2,1H3,(H,22,23)(H,24,25)/t12-,15-/m0/s1. The van der Waals surface area contributed by atoms with Crippen molar-refractivity contribution in [2.75, 3.05) is 11.9 Å². The summed E-state index contributed by atoms with van der Waals surface area (Å²) in [7, 11) is 0. The number of aromatic nitrogens is 2. The van der Waals surface area contributed by atoms with Gasteiger partial charge >= 0.3 is 5.76 Å². The summed E-state index contributed by atoms with van der Waals surface area (Å²) in [6, 6.07) is 15.9. The van der Waals surface area contributed by atoms with Crippen LogP contribution in [-0.4, -0.2) is 22.6 Å². The van der Waals surface area contributed by atoms with Crippen molar-refractivity contribution in [3.05, 3.63) is 70.8 Å². The molecule has 27 heavy (non-hydrogen) atoms. The van der Waals surface area contributed by atoms with E-state index in [1.807, 2.05) is 42.6 Å². The highest BCUT2D eigenvalue weighted by Gasteiger charge is 2.15. The maximum absolute atomic E-state index is 11.3. The third-order valence-electron chi connectivity index (χ3n) is 4.67. The van der Waals surface area contributed by atoms with Crippen LogP contribution in [0.1, 0.15) is 18.4 Å². The molecule has 2 aromatic heterocycles. The summed E-state index contributed by atoms with van der Waals surface area (Å²) in [6.45, 7) is 2.77. The van der Waals surface area contributed by atoms with Crippen molar-refractivity contribution in [2.45, 2.75) is 18.9 Å². The third-order valence-corrected chi connectivity index (χ3v) is 5.67. The number of benzene rings is 2. The van der Waals surface area contributed by atoms with Gasteiger partial charge < -0.3 is 15.5 Å². The highest BCUT2D eigenvalue weighted by atomic mass is 32.1. The van der Waals surface area contributed by atoms with Crippen molar-refractivity contribution >= 4 is 27.6 Å². The minimum Gasteiger partial charge on any atom is -0.408 e. The van der Waals surface area contributed by atoms with E-state index in [-0.39, 0.29) is 12.0 Å². The molecule has 0 aliphatic heterocycles. The predicted octanol–water partition coefficient (Wildman–Crippen LogP) is 3.79. The normalized spacial score (nSPS) is 13.6. The third kappa shape index (κ3) is 3.79. The number of hydrogen-bond donors (Lipinski definition) is 3. The molecule has 4 N–H and O–H groups in total. The maximum atomic E-state index is 11.3. The molecule has 0 spiro atoms. The molecule has 0 fully saturated rings. The molecule has 0 aliphatic rings. The van der Waals surface area contributed by atoms with Gasteiger partial charge in [0.1, 0.15) is 0 Å². The van der Waals surface area contributed by atoms with E-state index >= 15 is 0 Å². The molecular weight excluding hydrogens is 360 g/mol. The van der Waals surface area contributed by atoms with Crippen LogP contribution >= 0.6 is 11.3 Å². The largest absolute Gasteiger partial charge is 0.417 e. The molecule has 0 unspecified atom stereocenters. The van der Waals surface area contributed by atoms with Crippen molar-refractivity contribution in [1.82, 2.24) is 9.97 Å². The molecule has 2 atom stereocenters. The second-order valence-electron chi connectivity index (χ2n) is 6.50. The van der Waals surface area contributed by atoms with Crippen molar-refractivity contribution in [3.8, 4) is 10.4 Å². The molecule has 0 saturated carbocycles. The first-order valence-corrected chi connectivity index (χ1v) is 9.55. The number of nitrogens with zero attached hydrogens (tertiary/aromatic N) is 1. The summed E-state index contributed by atoms with van der Waals surface area (Å²) in [6.07, 6.45) is 1.81. The van der Waals surface area contributed by atoms with Crippen molar-refractivity contribution < 1.29 is 4.42 Å². The van der Waals surface area contributed by atoms with Crippen LogP contribution in [0.4, 0.5) is 5.13 Å². The van der Waals surface area contributed by atoms with Gasteiger partial charge in [0.15, 0.2) is 10.7 Å². The number of nitrogens with two attached hydrogens (primary N) is 1. The Hall–Kier alpha value is -2.90. The molecule has 0 bridgehead atoms. The van der Waals surface area contributed by atoms with Gasteiger partial charge in [-0.3, -0.25) is 4.98 Å². The zero-order chi connectivity index (χ0) is 18.8. The van der Waals surface area contributed by atoms with Gasteiger partial charge in [0.25, 0.3) is 0 Å². The molecule has 2 heterocycles.